The first-order valence-corrected chi connectivity index (χ1v) is 6.91. The van der Waals surface area contributed by atoms with Crippen LogP contribution < -0.4 is 5.32 Å². The van der Waals surface area contributed by atoms with Gasteiger partial charge in [0.1, 0.15) is 12.4 Å². The van der Waals surface area contributed by atoms with Crippen LogP contribution in [-0.2, 0) is 17.6 Å². The van der Waals surface area contributed by atoms with Gasteiger partial charge in [-0.25, -0.2) is 13.8 Å². The second-order valence-electron chi connectivity index (χ2n) is 5.72. The van der Waals surface area contributed by atoms with Gasteiger partial charge in [0.25, 0.3) is 6.43 Å². The van der Waals surface area contributed by atoms with E-state index < -0.39 is 13.0 Å². The molecule has 1 rings (SSSR count). The van der Waals surface area contributed by atoms with Gasteiger partial charge >= 0.3 is 0 Å². The second kappa shape index (κ2) is 8.32. The first kappa shape index (κ1) is 17.0. The number of aromatic nitrogens is 1. The number of halogens is 2. The van der Waals surface area contributed by atoms with Crippen molar-refractivity contribution in [2.75, 3.05) is 19.8 Å². The molecule has 0 aromatic carbocycles. The predicted octanol–water partition coefficient (Wildman–Crippen LogP) is 2.82. The van der Waals surface area contributed by atoms with E-state index in [1.807, 2.05) is 0 Å². The molecule has 1 aromatic heterocycles. The number of nitrogens with one attached hydrogen (secondary N) is 1. The lowest BCUT2D eigenvalue weighted by atomic mass is 10.1. The lowest BCUT2D eigenvalue weighted by molar-refractivity contribution is 0.0176. The Balaban J connectivity index is 2.16. The Morgan fingerprint density at radius 3 is 2.75 bits per heavy atom. The first-order valence-electron chi connectivity index (χ1n) is 6.91. The third-order valence-corrected chi connectivity index (χ3v) is 2.56. The molecule has 6 heteroatoms. The molecule has 0 spiro atoms. The first-order chi connectivity index (χ1) is 9.37. The molecule has 20 heavy (non-hydrogen) atoms. The number of hydrogen-bond acceptors (Lipinski definition) is 4. The zero-order chi connectivity index (χ0) is 15.0. The van der Waals surface area contributed by atoms with Gasteiger partial charge < -0.3 is 14.5 Å². The van der Waals surface area contributed by atoms with E-state index in [0.717, 1.165) is 19.4 Å². The average molecular weight is 290 g/mol. The van der Waals surface area contributed by atoms with Gasteiger partial charge in [-0.2, -0.15) is 0 Å². The van der Waals surface area contributed by atoms with Crippen LogP contribution in [-0.4, -0.2) is 36.7 Å². The molecule has 0 bridgehead atoms. The SMILES string of the molecule is CC(C)(C)NCCCc1ncc(CCOCC(F)F)o1. The van der Waals surface area contributed by atoms with Gasteiger partial charge in [0.15, 0.2) is 5.89 Å². The number of nitrogens with zero attached hydrogens (tertiary/aromatic N) is 1. The van der Waals surface area contributed by atoms with Crippen LogP contribution in [0.15, 0.2) is 10.6 Å². The third kappa shape index (κ3) is 8.22. The van der Waals surface area contributed by atoms with Gasteiger partial charge in [-0.15, -0.1) is 0 Å². The number of hydrogen-bond donors (Lipinski definition) is 1. The van der Waals surface area contributed by atoms with Crippen LogP contribution in [0.1, 0.15) is 38.8 Å². The number of aryl methyl sites for hydroxylation is 1. The molecular weight excluding hydrogens is 266 g/mol. The summed E-state index contributed by atoms with van der Waals surface area (Å²) in [5.74, 6) is 1.36. The molecule has 0 aliphatic heterocycles. The molecule has 116 valence electrons. The number of rotatable bonds is 9. The van der Waals surface area contributed by atoms with Gasteiger partial charge in [0, 0.05) is 18.4 Å². The van der Waals surface area contributed by atoms with Crippen molar-refractivity contribution in [2.45, 2.75) is 52.0 Å². The number of oxazole rings is 1. The predicted molar refractivity (Wildman–Crippen MR) is 73.1 cm³/mol. The molecule has 1 heterocycles. The highest BCUT2D eigenvalue weighted by molar-refractivity contribution is 4.94. The van der Waals surface area contributed by atoms with Crippen LogP contribution in [0.5, 0.6) is 0 Å². The fourth-order valence-corrected chi connectivity index (χ4v) is 1.63. The molecule has 0 fully saturated rings. The summed E-state index contributed by atoms with van der Waals surface area (Å²) in [7, 11) is 0. The van der Waals surface area contributed by atoms with E-state index in [1.165, 1.54) is 0 Å². The lowest BCUT2D eigenvalue weighted by Crippen LogP contribution is -2.36. The summed E-state index contributed by atoms with van der Waals surface area (Å²) in [6.45, 7) is 6.96. The minimum absolute atomic E-state index is 0.115. The zero-order valence-corrected chi connectivity index (χ0v) is 12.4. The molecule has 0 saturated heterocycles. The van der Waals surface area contributed by atoms with Gasteiger partial charge in [-0.3, -0.25) is 0 Å². The van der Waals surface area contributed by atoms with E-state index in [0.29, 0.717) is 18.1 Å². The maximum absolute atomic E-state index is 11.9. The molecule has 1 N–H and O–H groups in total. The highest BCUT2D eigenvalue weighted by Gasteiger charge is 2.09. The van der Waals surface area contributed by atoms with Crippen molar-refractivity contribution >= 4 is 0 Å². The van der Waals surface area contributed by atoms with E-state index in [-0.39, 0.29) is 12.1 Å². The van der Waals surface area contributed by atoms with Crippen LogP contribution in [0.3, 0.4) is 0 Å². The Morgan fingerprint density at radius 2 is 2.10 bits per heavy atom. The van der Waals surface area contributed by atoms with E-state index >= 15 is 0 Å². The van der Waals surface area contributed by atoms with Gasteiger partial charge in [-0.05, 0) is 33.7 Å². The maximum Gasteiger partial charge on any atom is 0.261 e. The minimum atomic E-state index is -2.42. The van der Waals surface area contributed by atoms with Crippen LogP contribution >= 0.6 is 0 Å². The Kier molecular flexibility index (Phi) is 7.09. The van der Waals surface area contributed by atoms with Crippen molar-refractivity contribution < 1.29 is 17.9 Å². The Bertz CT molecular complexity index is 375. The molecule has 0 atom stereocenters. The van der Waals surface area contributed by atoms with Crippen molar-refractivity contribution in [3.63, 3.8) is 0 Å². The van der Waals surface area contributed by atoms with E-state index in [9.17, 15) is 8.78 Å². The Morgan fingerprint density at radius 1 is 1.35 bits per heavy atom. The van der Waals surface area contributed by atoms with Crippen molar-refractivity contribution in [3.05, 3.63) is 17.8 Å². The Labute approximate surface area is 118 Å². The van der Waals surface area contributed by atoms with Crippen molar-refractivity contribution in [2.24, 2.45) is 0 Å². The second-order valence-corrected chi connectivity index (χ2v) is 5.72. The van der Waals surface area contributed by atoms with Crippen LogP contribution in [0.2, 0.25) is 0 Å². The van der Waals surface area contributed by atoms with Crippen LogP contribution in [0.4, 0.5) is 8.78 Å². The topological polar surface area (TPSA) is 47.3 Å². The van der Waals surface area contributed by atoms with Crippen molar-refractivity contribution in [1.82, 2.24) is 10.3 Å². The van der Waals surface area contributed by atoms with E-state index in [2.05, 4.69) is 31.1 Å². The summed E-state index contributed by atoms with van der Waals surface area (Å²) in [4.78, 5) is 4.17. The molecule has 0 amide bonds. The Hall–Kier alpha value is -1.01. The highest BCUT2D eigenvalue weighted by atomic mass is 19.3. The minimum Gasteiger partial charge on any atom is -0.446 e. The third-order valence-electron chi connectivity index (χ3n) is 2.56. The van der Waals surface area contributed by atoms with Crippen LogP contribution in [0.25, 0.3) is 0 Å². The summed E-state index contributed by atoms with van der Waals surface area (Å²) < 4.78 is 34.0. The molecule has 1 aromatic rings. The molecule has 0 radical (unpaired) electrons. The summed E-state index contributed by atoms with van der Waals surface area (Å²) >= 11 is 0. The fraction of sp³-hybridized carbons (Fsp3) is 0.786. The number of ether oxygens (including phenoxy) is 1. The summed E-state index contributed by atoms with van der Waals surface area (Å²) in [6, 6.07) is 0. The van der Waals surface area contributed by atoms with Crippen molar-refractivity contribution in [1.29, 1.82) is 0 Å². The van der Waals surface area contributed by atoms with E-state index in [4.69, 9.17) is 9.15 Å². The van der Waals surface area contributed by atoms with Gasteiger partial charge in [0.05, 0.1) is 12.8 Å². The van der Waals surface area contributed by atoms with Gasteiger partial charge in [0.2, 0.25) is 0 Å². The average Bonchev–Trinajstić information content (AvgIpc) is 2.77. The molecule has 4 nitrogen and oxygen atoms in total. The molecule has 0 aliphatic carbocycles. The number of alkyl halides is 2. The monoisotopic (exact) mass is 290 g/mol. The summed E-state index contributed by atoms with van der Waals surface area (Å²) in [5, 5.41) is 3.39. The summed E-state index contributed by atoms with van der Waals surface area (Å²) in [5.41, 5.74) is 0.115. The quantitative estimate of drug-likeness (QED) is 0.710. The highest BCUT2D eigenvalue weighted by Crippen LogP contribution is 2.08. The normalized spacial score (nSPS) is 12.3. The zero-order valence-electron chi connectivity index (χ0n) is 12.4. The largest absolute Gasteiger partial charge is 0.446 e. The molecule has 0 saturated carbocycles. The standard InChI is InChI=1S/C14H24F2N2O2/c1-14(2,3)18-7-4-5-13-17-9-11(20-13)6-8-19-10-12(15)16/h9,12,18H,4-8,10H2,1-3H3. The van der Waals surface area contributed by atoms with Crippen LogP contribution in [0, 0.1) is 0 Å². The maximum atomic E-state index is 11.9. The van der Waals surface area contributed by atoms with Gasteiger partial charge in [-0.1, -0.05) is 0 Å². The molecule has 0 aliphatic rings. The fourth-order valence-electron chi connectivity index (χ4n) is 1.63. The van der Waals surface area contributed by atoms with E-state index in [1.54, 1.807) is 6.20 Å². The summed E-state index contributed by atoms with van der Waals surface area (Å²) in [6.07, 6.45) is 1.40. The smallest absolute Gasteiger partial charge is 0.261 e. The molecular formula is C14H24F2N2O2. The van der Waals surface area contributed by atoms with Crippen molar-refractivity contribution in [3.8, 4) is 0 Å². The lowest BCUT2D eigenvalue weighted by Gasteiger charge is -2.19. The molecule has 0 unspecified atom stereocenters.